The van der Waals surface area contributed by atoms with Crippen molar-refractivity contribution in [2.24, 2.45) is 5.10 Å². The van der Waals surface area contributed by atoms with Gasteiger partial charge in [-0.2, -0.15) is 5.10 Å². The highest BCUT2D eigenvalue weighted by Gasteiger charge is 2.12. The first-order valence-corrected chi connectivity index (χ1v) is 9.57. The van der Waals surface area contributed by atoms with Gasteiger partial charge in [0, 0.05) is 16.1 Å². The van der Waals surface area contributed by atoms with Gasteiger partial charge in [0.05, 0.1) is 20.1 Å². The molecule has 2 rings (SSSR count). The van der Waals surface area contributed by atoms with E-state index >= 15 is 0 Å². The number of carbonyl (C=O) groups is 1. The lowest BCUT2D eigenvalue weighted by molar-refractivity contribution is -0.384. The second-order valence-electron chi connectivity index (χ2n) is 4.75. The van der Waals surface area contributed by atoms with E-state index < -0.39 is 10.8 Å². The lowest BCUT2D eigenvalue weighted by Gasteiger charge is -2.09. The summed E-state index contributed by atoms with van der Waals surface area (Å²) in [5, 5.41) is 14.6. The van der Waals surface area contributed by atoms with Crippen LogP contribution in [0.25, 0.3) is 0 Å². The molecule has 0 fully saturated rings. The minimum atomic E-state index is -0.597. The van der Waals surface area contributed by atoms with Gasteiger partial charge in [-0.15, -0.1) is 0 Å². The highest BCUT2D eigenvalue weighted by Crippen LogP contribution is 2.36. The number of nitro groups is 1. The molecule has 0 spiro atoms. The Morgan fingerprint density at radius 3 is 2.54 bits per heavy atom. The first kappa shape index (κ1) is 20.8. The summed E-state index contributed by atoms with van der Waals surface area (Å²) < 4.78 is 7.63. The zero-order valence-electron chi connectivity index (χ0n) is 12.7. The largest absolute Gasteiger partial charge is 0.481 e. The third-order valence-corrected chi connectivity index (χ3v) is 4.84. The lowest BCUT2D eigenvalue weighted by Crippen LogP contribution is -2.24. The molecule has 1 amide bonds. The van der Waals surface area contributed by atoms with Crippen molar-refractivity contribution in [1.82, 2.24) is 5.43 Å². The van der Waals surface area contributed by atoms with Crippen LogP contribution in [0.1, 0.15) is 5.56 Å². The van der Waals surface area contributed by atoms with Crippen LogP contribution in [0.15, 0.2) is 48.9 Å². The monoisotopic (exact) mass is 567 g/mol. The number of benzene rings is 2. The summed E-state index contributed by atoms with van der Waals surface area (Å²) in [7, 11) is 0. The van der Waals surface area contributed by atoms with Gasteiger partial charge < -0.3 is 4.74 Å². The number of hydrogen-bond acceptors (Lipinski definition) is 5. The summed E-state index contributed by atoms with van der Waals surface area (Å²) in [5.41, 5.74) is 2.45. The minimum Gasteiger partial charge on any atom is -0.481 e. The molecule has 0 saturated heterocycles. The molecule has 0 heterocycles. The normalized spacial score (nSPS) is 10.8. The molecule has 26 heavy (non-hydrogen) atoms. The number of ether oxygens (including phenoxy) is 1. The van der Waals surface area contributed by atoms with E-state index in [0.29, 0.717) is 20.3 Å². The molecular weight excluding hydrogens is 561 g/mol. The van der Waals surface area contributed by atoms with Crippen LogP contribution < -0.4 is 10.2 Å². The smallest absolute Gasteiger partial charge is 0.288 e. The maximum Gasteiger partial charge on any atom is 0.288 e. The zero-order chi connectivity index (χ0) is 19.3. The van der Waals surface area contributed by atoms with Crippen LogP contribution in [0.3, 0.4) is 0 Å². The summed E-state index contributed by atoms with van der Waals surface area (Å²) in [6.45, 7) is -0.267. The Labute approximate surface area is 178 Å². The third-order valence-electron chi connectivity index (χ3n) is 2.88. The van der Waals surface area contributed by atoms with Crippen LogP contribution in [0, 0.1) is 10.1 Å². The molecule has 0 aliphatic carbocycles. The van der Waals surface area contributed by atoms with E-state index in [-0.39, 0.29) is 17.3 Å². The van der Waals surface area contributed by atoms with Crippen molar-refractivity contribution in [3.8, 4) is 5.75 Å². The standard InChI is InChI=1S/C15H9Br3ClN3O4/c16-9-4-10(17)15(11(18)5-9)26-7-14(23)21-20-6-8-1-2-12(19)13(3-8)22(24)25/h1-6H,7H2,(H,21,23). The van der Waals surface area contributed by atoms with Gasteiger partial charge in [0.15, 0.2) is 6.61 Å². The first-order chi connectivity index (χ1) is 12.3. The first-order valence-electron chi connectivity index (χ1n) is 6.81. The van der Waals surface area contributed by atoms with Crippen molar-refractivity contribution in [3.05, 3.63) is 64.5 Å². The van der Waals surface area contributed by atoms with Crippen molar-refractivity contribution < 1.29 is 14.5 Å². The third kappa shape index (κ3) is 5.76. The number of hydrazone groups is 1. The fourth-order valence-electron chi connectivity index (χ4n) is 1.77. The maximum absolute atomic E-state index is 11.8. The molecule has 0 atom stereocenters. The van der Waals surface area contributed by atoms with Gasteiger partial charge in [-0.1, -0.05) is 33.6 Å². The predicted octanol–water partition coefficient (Wildman–Crippen LogP) is 5.06. The van der Waals surface area contributed by atoms with E-state index in [1.54, 1.807) is 12.1 Å². The van der Waals surface area contributed by atoms with Crippen molar-refractivity contribution in [3.63, 3.8) is 0 Å². The zero-order valence-corrected chi connectivity index (χ0v) is 18.2. The van der Waals surface area contributed by atoms with Gasteiger partial charge in [-0.3, -0.25) is 14.9 Å². The molecule has 7 nitrogen and oxygen atoms in total. The maximum atomic E-state index is 11.8. The van der Waals surface area contributed by atoms with Gasteiger partial charge in [-0.05, 0) is 50.1 Å². The van der Waals surface area contributed by atoms with Crippen LogP contribution >= 0.6 is 59.4 Å². The number of halogens is 4. The van der Waals surface area contributed by atoms with Crippen LogP contribution in [-0.4, -0.2) is 23.7 Å². The van der Waals surface area contributed by atoms with Crippen molar-refractivity contribution >= 4 is 77.2 Å². The van der Waals surface area contributed by atoms with Crippen molar-refractivity contribution in [2.75, 3.05) is 6.61 Å². The Bertz CT molecular complexity index is 869. The lowest BCUT2D eigenvalue weighted by atomic mass is 10.2. The van der Waals surface area contributed by atoms with E-state index in [4.69, 9.17) is 16.3 Å². The summed E-state index contributed by atoms with van der Waals surface area (Å²) >= 11 is 15.8. The molecule has 11 heteroatoms. The predicted molar refractivity (Wildman–Crippen MR) is 109 cm³/mol. The Morgan fingerprint density at radius 1 is 1.27 bits per heavy atom. The molecule has 136 valence electrons. The number of hydrogen-bond donors (Lipinski definition) is 1. The summed E-state index contributed by atoms with van der Waals surface area (Å²) in [6, 6.07) is 7.74. The second kappa shape index (κ2) is 9.45. The molecule has 0 bridgehead atoms. The molecule has 2 aromatic carbocycles. The van der Waals surface area contributed by atoms with E-state index in [2.05, 4.69) is 58.3 Å². The molecule has 2 aromatic rings. The van der Waals surface area contributed by atoms with E-state index in [1.165, 1.54) is 24.4 Å². The van der Waals surface area contributed by atoms with Gasteiger partial charge in [-0.25, -0.2) is 5.43 Å². The van der Waals surface area contributed by atoms with Crippen LogP contribution in [0.4, 0.5) is 5.69 Å². The van der Waals surface area contributed by atoms with Gasteiger partial charge in [0.1, 0.15) is 10.8 Å². The Morgan fingerprint density at radius 2 is 1.92 bits per heavy atom. The SMILES string of the molecule is O=C(COc1c(Br)cc(Br)cc1Br)NN=Cc1ccc(Cl)c([N+](=O)[O-])c1. The highest BCUT2D eigenvalue weighted by atomic mass is 79.9. The molecule has 0 unspecified atom stereocenters. The quantitative estimate of drug-likeness (QED) is 0.299. The van der Waals surface area contributed by atoms with Crippen LogP contribution in [0.5, 0.6) is 5.75 Å². The number of rotatable bonds is 6. The number of nitro benzene ring substituents is 1. The fraction of sp³-hybridized carbons (Fsp3) is 0.0667. The van der Waals surface area contributed by atoms with Gasteiger partial charge >= 0.3 is 0 Å². The second-order valence-corrected chi connectivity index (χ2v) is 7.78. The van der Waals surface area contributed by atoms with E-state index in [0.717, 1.165) is 4.47 Å². The van der Waals surface area contributed by atoms with Crippen LogP contribution in [-0.2, 0) is 4.79 Å². The Balaban J connectivity index is 1.94. The molecule has 0 aromatic heterocycles. The number of amides is 1. The topological polar surface area (TPSA) is 93.8 Å². The highest BCUT2D eigenvalue weighted by molar-refractivity contribution is 9.11. The molecule has 1 N–H and O–H groups in total. The number of carbonyl (C=O) groups excluding carboxylic acids is 1. The van der Waals surface area contributed by atoms with Crippen molar-refractivity contribution in [1.29, 1.82) is 0 Å². The fourth-order valence-corrected chi connectivity index (χ4v) is 4.44. The summed E-state index contributed by atoms with van der Waals surface area (Å²) in [4.78, 5) is 22.0. The molecular formula is C15H9Br3ClN3O4. The average molecular weight is 570 g/mol. The molecule has 0 aliphatic rings. The molecule has 0 radical (unpaired) electrons. The van der Waals surface area contributed by atoms with E-state index in [1.807, 2.05) is 0 Å². The average Bonchev–Trinajstić information content (AvgIpc) is 2.55. The van der Waals surface area contributed by atoms with E-state index in [9.17, 15) is 14.9 Å². The summed E-state index contributed by atoms with van der Waals surface area (Å²) in [5.74, 6) is -0.0212. The van der Waals surface area contributed by atoms with Gasteiger partial charge in [0.2, 0.25) is 0 Å². The molecule has 0 saturated carbocycles. The summed E-state index contributed by atoms with van der Waals surface area (Å²) in [6.07, 6.45) is 1.27. The van der Waals surface area contributed by atoms with Crippen molar-refractivity contribution in [2.45, 2.75) is 0 Å². The minimum absolute atomic E-state index is 0.0234. The molecule has 0 aliphatic heterocycles. The van der Waals surface area contributed by atoms with Gasteiger partial charge in [0.25, 0.3) is 11.6 Å². The Kier molecular flexibility index (Phi) is 7.56. The Hall–Kier alpha value is -1.49. The number of nitrogens with one attached hydrogen (secondary N) is 1. The number of nitrogens with zero attached hydrogens (tertiary/aromatic N) is 2. The van der Waals surface area contributed by atoms with Crippen LogP contribution in [0.2, 0.25) is 5.02 Å².